The topological polar surface area (TPSA) is 20.2 Å². The quantitative estimate of drug-likeness (QED) is 0.691. The van der Waals surface area contributed by atoms with Crippen molar-refractivity contribution in [3.8, 4) is 5.75 Å². The molecule has 0 heterocycles. The Hall–Kier alpha value is 0.109. The molecule has 0 fully saturated rings. The van der Waals surface area contributed by atoms with Crippen LogP contribution >= 0.6 is 11.6 Å². The molecule has 1 rings (SSSR count). The van der Waals surface area contributed by atoms with Gasteiger partial charge in [-0.1, -0.05) is 23.7 Å². The Morgan fingerprint density at radius 3 is 2.11 bits per heavy atom. The fraction of sp³-hybridized carbons (Fsp3) is 0. The van der Waals surface area contributed by atoms with Crippen LogP contribution in [-0.4, -0.2) is 29.0 Å². The first kappa shape index (κ1) is 9.11. The van der Waals surface area contributed by atoms with Gasteiger partial charge in [0, 0.05) is 23.9 Å². The van der Waals surface area contributed by atoms with Gasteiger partial charge in [-0.25, -0.2) is 0 Å². The van der Waals surface area contributed by atoms with E-state index in [1.54, 1.807) is 24.3 Å². The first-order chi connectivity index (χ1) is 3.80. The number of para-hydroxylation sites is 1. The maximum atomic E-state index is 8.79. The molecule has 0 aliphatic carbocycles. The van der Waals surface area contributed by atoms with E-state index in [1.807, 2.05) is 0 Å². The molecule has 9 heavy (non-hydrogen) atoms. The van der Waals surface area contributed by atoms with Crippen molar-refractivity contribution in [1.29, 1.82) is 0 Å². The third kappa shape index (κ3) is 2.45. The smallest absolute Gasteiger partial charge is 0.134 e. The molecule has 0 unspecified atom stereocenters. The van der Waals surface area contributed by atoms with Crippen molar-refractivity contribution in [3.63, 3.8) is 0 Å². The largest absolute Gasteiger partial charge is 0.506 e. The molecule has 0 aromatic heterocycles. The Morgan fingerprint density at radius 1 is 1.22 bits per heavy atom. The Bertz CT molecular complexity index is 169. The van der Waals surface area contributed by atoms with Gasteiger partial charge >= 0.3 is 0 Å². The fourth-order valence-corrected chi connectivity index (χ4v) is 0.587. The molecule has 1 aromatic rings. The van der Waals surface area contributed by atoms with E-state index < -0.39 is 0 Å². The van der Waals surface area contributed by atoms with Gasteiger partial charge in [-0.2, -0.15) is 0 Å². The third-order valence-electron chi connectivity index (χ3n) is 0.852. The van der Waals surface area contributed by atoms with E-state index >= 15 is 0 Å². The summed E-state index contributed by atoms with van der Waals surface area (Å²) >= 11 is 5.46. The van der Waals surface area contributed by atoms with Gasteiger partial charge in [-0.15, -0.1) is 0 Å². The van der Waals surface area contributed by atoms with Crippen molar-refractivity contribution in [2.75, 3.05) is 0 Å². The third-order valence-corrected chi connectivity index (χ3v) is 1.17. The summed E-state index contributed by atoms with van der Waals surface area (Å²) in [7, 11) is 0. The molecular weight excluding hydrogens is 242 g/mol. The molecule has 1 N–H and O–H groups in total. The van der Waals surface area contributed by atoms with E-state index in [0.29, 0.717) is 5.02 Å². The molecule has 1 nitrogen and oxygen atoms in total. The number of halogens is 1. The van der Waals surface area contributed by atoms with E-state index in [9.17, 15) is 0 Å². The standard InChI is InChI=1S/C6H5ClO.Sn/c7-5-3-1-2-4-6(5)8;/h1-4,8H;. The minimum Gasteiger partial charge on any atom is -0.506 e. The Balaban J connectivity index is 0.000000640. The number of benzene rings is 1. The SMILES string of the molecule is Oc1ccccc1Cl.[Sn]. The van der Waals surface area contributed by atoms with Crippen LogP contribution in [-0.2, 0) is 0 Å². The second-order valence-corrected chi connectivity index (χ2v) is 1.86. The van der Waals surface area contributed by atoms with Crippen LogP contribution < -0.4 is 0 Å². The first-order valence-corrected chi connectivity index (χ1v) is 2.62. The van der Waals surface area contributed by atoms with Crippen molar-refractivity contribution in [3.05, 3.63) is 29.3 Å². The summed E-state index contributed by atoms with van der Waals surface area (Å²) in [4.78, 5) is 0. The van der Waals surface area contributed by atoms with Crippen molar-refractivity contribution >= 4 is 35.5 Å². The van der Waals surface area contributed by atoms with Crippen LogP contribution in [0.1, 0.15) is 0 Å². The van der Waals surface area contributed by atoms with Gasteiger partial charge in [0.25, 0.3) is 0 Å². The van der Waals surface area contributed by atoms with Crippen LogP contribution in [0.15, 0.2) is 24.3 Å². The average Bonchev–Trinajstić information content (AvgIpc) is 1.77. The molecule has 1 aromatic carbocycles. The van der Waals surface area contributed by atoms with Crippen molar-refractivity contribution in [2.24, 2.45) is 0 Å². The summed E-state index contributed by atoms with van der Waals surface area (Å²) in [6.45, 7) is 0. The van der Waals surface area contributed by atoms with Crippen LogP contribution in [0.4, 0.5) is 0 Å². The summed E-state index contributed by atoms with van der Waals surface area (Å²) in [6.07, 6.45) is 0. The zero-order chi connectivity index (χ0) is 5.98. The van der Waals surface area contributed by atoms with Crippen molar-refractivity contribution in [1.82, 2.24) is 0 Å². The minimum absolute atomic E-state index is 0. The van der Waals surface area contributed by atoms with Crippen molar-refractivity contribution in [2.45, 2.75) is 0 Å². The molecule has 0 aliphatic heterocycles. The van der Waals surface area contributed by atoms with Gasteiger partial charge < -0.3 is 5.11 Å². The Morgan fingerprint density at radius 2 is 1.78 bits per heavy atom. The van der Waals surface area contributed by atoms with E-state index in [1.165, 1.54) is 0 Å². The van der Waals surface area contributed by atoms with E-state index in [0.717, 1.165) is 0 Å². The van der Waals surface area contributed by atoms with E-state index in [4.69, 9.17) is 16.7 Å². The molecule has 46 valence electrons. The maximum absolute atomic E-state index is 8.79. The minimum atomic E-state index is 0. The molecular formula is C6H5ClOSn. The van der Waals surface area contributed by atoms with Gasteiger partial charge in [0.15, 0.2) is 0 Å². The molecule has 0 bridgehead atoms. The monoisotopic (exact) mass is 248 g/mol. The number of phenolic OH excluding ortho intramolecular Hbond substituents is 1. The number of aromatic hydroxyl groups is 1. The molecule has 3 heteroatoms. The predicted molar refractivity (Wildman–Crippen MR) is 38.9 cm³/mol. The summed E-state index contributed by atoms with van der Waals surface area (Å²) in [5.41, 5.74) is 0. The first-order valence-electron chi connectivity index (χ1n) is 2.24. The zero-order valence-electron chi connectivity index (χ0n) is 4.63. The van der Waals surface area contributed by atoms with Crippen LogP contribution in [0, 0.1) is 0 Å². The Kier molecular flexibility index (Phi) is 4.06. The maximum Gasteiger partial charge on any atom is 0.134 e. The molecule has 0 amide bonds. The molecule has 4 radical (unpaired) electrons. The molecule has 0 aliphatic rings. The molecule has 0 saturated carbocycles. The Labute approximate surface area is 75.6 Å². The van der Waals surface area contributed by atoms with Gasteiger partial charge in [-0.3, -0.25) is 0 Å². The molecule has 0 spiro atoms. The predicted octanol–water partition coefficient (Wildman–Crippen LogP) is 1.66. The van der Waals surface area contributed by atoms with Crippen LogP contribution in [0.25, 0.3) is 0 Å². The number of hydrogen-bond donors (Lipinski definition) is 1. The molecule has 0 saturated heterocycles. The van der Waals surface area contributed by atoms with Gasteiger partial charge in [-0.05, 0) is 12.1 Å². The zero-order valence-corrected chi connectivity index (χ0v) is 8.24. The average molecular weight is 247 g/mol. The number of phenols is 1. The van der Waals surface area contributed by atoms with Gasteiger partial charge in [0.1, 0.15) is 5.75 Å². The van der Waals surface area contributed by atoms with Crippen LogP contribution in [0.2, 0.25) is 5.02 Å². The summed E-state index contributed by atoms with van der Waals surface area (Å²) in [5.74, 6) is 0.133. The summed E-state index contributed by atoms with van der Waals surface area (Å²) < 4.78 is 0. The second kappa shape index (κ2) is 4.01. The van der Waals surface area contributed by atoms with Crippen LogP contribution in [0.5, 0.6) is 5.75 Å². The molecule has 0 atom stereocenters. The van der Waals surface area contributed by atoms with E-state index in [-0.39, 0.29) is 29.7 Å². The second-order valence-electron chi connectivity index (χ2n) is 1.45. The van der Waals surface area contributed by atoms with Crippen molar-refractivity contribution < 1.29 is 5.11 Å². The van der Waals surface area contributed by atoms with E-state index in [2.05, 4.69) is 0 Å². The summed E-state index contributed by atoms with van der Waals surface area (Å²) in [6, 6.07) is 6.67. The van der Waals surface area contributed by atoms with Gasteiger partial charge in [0.05, 0.1) is 5.02 Å². The normalized spacial score (nSPS) is 8.11. The summed E-state index contributed by atoms with van der Waals surface area (Å²) in [5, 5.41) is 9.18. The number of hydrogen-bond acceptors (Lipinski definition) is 1. The van der Waals surface area contributed by atoms with Crippen LogP contribution in [0.3, 0.4) is 0 Å². The number of rotatable bonds is 0. The van der Waals surface area contributed by atoms with Gasteiger partial charge in [0.2, 0.25) is 0 Å². The fourth-order valence-electron chi connectivity index (χ4n) is 0.452.